The maximum Gasteiger partial charge on any atom is 0.191 e. The van der Waals surface area contributed by atoms with Gasteiger partial charge in [-0.15, -0.1) is 24.0 Å². The van der Waals surface area contributed by atoms with Crippen LogP contribution in [0.15, 0.2) is 48.1 Å². The Kier molecular flexibility index (Phi) is 8.58. The summed E-state index contributed by atoms with van der Waals surface area (Å²) in [5, 5.41) is 7.61. The van der Waals surface area contributed by atoms with Gasteiger partial charge < -0.3 is 15.2 Å². The molecule has 0 saturated carbocycles. The Morgan fingerprint density at radius 2 is 2.04 bits per heavy atom. The van der Waals surface area contributed by atoms with Gasteiger partial charge in [0.15, 0.2) is 5.96 Å². The third kappa shape index (κ3) is 5.62. The van der Waals surface area contributed by atoms with Crippen LogP contribution in [-0.4, -0.2) is 31.6 Å². The van der Waals surface area contributed by atoms with Gasteiger partial charge in [0, 0.05) is 37.9 Å². The largest absolute Gasteiger partial charge is 0.357 e. The summed E-state index contributed by atoms with van der Waals surface area (Å²) >= 11 is 12.2. The van der Waals surface area contributed by atoms with E-state index in [1.165, 1.54) is 0 Å². The number of hydrogen-bond donors (Lipinski definition) is 2. The summed E-state index contributed by atoms with van der Waals surface area (Å²) in [6.45, 7) is 3.87. The van der Waals surface area contributed by atoms with E-state index >= 15 is 0 Å². The molecular weight excluding hydrogens is 512 g/mol. The molecule has 0 aliphatic heterocycles. The third-order valence-electron chi connectivity index (χ3n) is 4.00. The van der Waals surface area contributed by atoms with Crippen molar-refractivity contribution in [3.05, 3.63) is 64.6 Å². The number of rotatable bonds is 6. The first-order chi connectivity index (χ1) is 13.1. The van der Waals surface area contributed by atoms with Gasteiger partial charge in [-0.05, 0) is 30.7 Å². The Labute approximate surface area is 191 Å². The number of aliphatic imine (C=N–C) groups is 1. The van der Waals surface area contributed by atoms with Crippen molar-refractivity contribution < 1.29 is 0 Å². The van der Waals surface area contributed by atoms with Crippen LogP contribution in [0.25, 0.3) is 5.82 Å². The highest BCUT2D eigenvalue weighted by atomic mass is 127. The lowest BCUT2D eigenvalue weighted by molar-refractivity contribution is 0.752. The van der Waals surface area contributed by atoms with Crippen LogP contribution < -0.4 is 10.6 Å². The summed E-state index contributed by atoms with van der Waals surface area (Å²) < 4.78 is 3.71. The van der Waals surface area contributed by atoms with Gasteiger partial charge in [-0.1, -0.05) is 23.2 Å². The van der Waals surface area contributed by atoms with Gasteiger partial charge in [0.05, 0.1) is 18.1 Å². The molecule has 0 aliphatic rings. The van der Waals surface area contributed by atoms with E-state index in [9.17, 15) is 0 Å². The molecule has 28 heavy (non-hydrogen) atoms. The molecule has 0 aliphatic carbocycles. The van der Waals surface area contributed by atoms with Crippen molar-refractivity contribution in [3.63, 3.8) is 0 Å². The number of guanidine groups is 1. The first kappa shape index (κ1) is 22.5. The number of hydrogen-bond acceptors (Lipinski definition) is 3. The molecule has 0 spiro atoms. The second-order valence-corrected chi connectivity index (χ2v) is 6.64. The summed E-state index contributed by atoms with van der Waals surface area (Å²) in [5.74, 6) is 1.53. The van der Waals surface area contributed by atoms with E-state index in [-0.39, 0.29) is 24.0 Å². The number of imidazole rings is 1. The minimum atomic E-state index is 0. The maximum absolute atomic E-state index is 6.12. The van der Waals surface area contributed by atoms with Gasteiger partial charge in [-0.2, -0.15) is 0 Å². The number of pyridine rings is 1. The number of nitrogens with one attached hydrogen (secondary N) is 2. The summed E-state index contributed by atoms with van der Waals surface area (Å²) in [4.78, 5) is 13.1. The molecule has 3 aromatic rings. The fourth-order valence-electron chi connectivity index (χ4n) is 2.54. The van der Waals surface area contributed by atoms with E-state index in [1.54, 1.807) is 18.7 Å². The van der Waals surface area contributed by atoms with E-state index in [1.807, 2.05) is 47.5 Å². The third-order valence-corrected chi connectivity index (χ3v) is 4.84. The minimum Gasteiger partial charge on any atom is -0.357 e. The standard InChI is InChI=1S/C18H21Cl2N7.HI/c1-3-22-18(25-11-14-9-15(19)17(20)26(14)2)24-10-13-4-5-23-16(8-13)27-7-6-21-12-27;/h4-9,12H,3,10-11H2,1-2H3,(H2,22,24,25);1H. The van der Waals surface area contributed by atoms with Gasteiger partial charge in [0.2, 0.25) is 0 Å². The Hall–Kier alpha value is -1.78. The Bertz CT molecular complexity index is 922. The molecule has 0 aromatic carbocycles. The van der Waals surface area contributed by atoms with Crippen LogP contribution in [-0.2, 0) is 20.1 Å². The van der Waals surface area contributed by atoms with E-state index in [2.05, 4.69) is 25.6 Å². The van der Waals surface area contributed by atoms with Crippen LogP contribution in [0.3, 0.4) is 0 Å². The molecule has 2 N–H and O–H groups in total. The lowest BCUT2D eigenvalue weighted by Crippen LogP contribution is -2.37. The van der Waals surface area contributed by atoms with Crippen molar-refractivity contribution in [2.45, 2.75) is 20.0 Å². The van der Waals surface area contributed by atoms with Crippen molar-refractivity contribution >= 4 is 53.1 Å². The smallest absolute Gasteiger partial charge is 0.191 e. The molecule has 0 saturated heterocycles. The maximum atomic E-state index is 6.12. The minimum absolute atomic E-state index is 0. The topological polar surface area (TPSA) is 72.1 Å². The molecule has 0 atom stereocenters. The van der Waals surface area contributed by atoms with E-state index in [4.69, 9.17) is 23.2 Å². The molecule has 150 valence electrons. The quantitative estimate of drug-likeness (QED) is 0.287. The lowest BCUT2D eigenvalue weighted by atomic mass is 10.2. The predicted molar refractivity (Wildman–Crippen MR) is 124 cm³/mol. The second-order valence-electron chi connectivity index (χ2n) is 5.87. The van der Waals surface area contributed by atoms with E-state index < -0.39 is 0 Å². The van der Waals surface area contributed by atoms with Gasteiger partial charge >= 0.3 is 0 Å². The Morgan fingerprint density at radius 1 is 1.21 bits per heavy atom. The summed E-state index contributed by atoms with van der Waals surface area (Å²) in [7, 11) is 1.88. The lowest BCUT2D eigenvalue weighted by Gasteiger charge is -2.12. The Balaban J connectivity index is 0.00000280. The first-order valence-electron chi connectivity index (χ1n) is 8.53. The molecule has 0 fully saturated rings. The van der Waals surface area contributed by atoms with Crippen molar-refractivity contribution in [3.8, 4) is 5.82 Å². The van der Waals surface area contributed by atoms with Crippen LogP contribution in [0.2, 0.25) is 10.2 Å². The molecule has 10 heteroatoms. The average molecular weight is 534 g/mol. The summed E-state index contributed by atoms with van der Waals surface area (Å²) in [6.07, 6.45) is 7.07. The van der Waals surface area contributed by atoms with Gasteiger partial charge in [-0.25, -0.2) is 15.0 Å². The van der Waals surface area contributed by atoms with Gasteiger partial charge in [0.1, 0.15) is 17.3 Å². The van der Waals surface area contributed by atoms with Crippen LogP contribution in [0.4, 0.5) is 0 Å². The highest BCUT2D eigenvalue weighted by Gasteiger charge is 2.09. The zero-order valence-electron chi connectivity index (χ0n) is 15.6. The van der Waals surface area contributed by atoms with Crippen LogP contribution in [0, 0.1) is 0 Å². The molecule has 3 aromatic heterocycles. The van der Waals surface area contributed by atoms with Crippen LogP contribution >= 0.6 is 47.2 Å². The summed E-state index contributed by atoms with van der Waals surface area (Å²) in [6, 6.07) is 5.79. The molecule has 7 nitrogen and oxygen atoms in total. The highest BCUT2D eigenvalue weighted by Crippen LogP contribution is 2.24. The van der Waals surface area contributed by atoms with Crippen molar-refractivity contribution in [2.75, 3.05) is 6.54 Å². The first-order valence-corrected chi connectivity index (χ1v) is 9.29. The van der Waals surface area contributed by atoms with Gasteiger partial charge in [0.25, 0.3) is 0 Å². The molecule has 0 amide bonds. The van der Waals surface area contributed by atoms with E-state index in [0.29, 0.717) is 29.2 Å². The zero-order valence-corrected chi connectivity index (χ0v) is 19.4. The van der Waals surface area contributed by atoms with Crippen LogP contribution in [0.5, 0.6) is 0 Å². The molecule has 3 rings (SSSR count). The SMILES string of the molecule is CCNC(=NCc1ccnc(-n2ccnc2)c1)NCc1cc(Cl)c(Cl)n1C.I. The van der Waals surface area contributed by atoms with Crippen molar-refractivity contribution in [2.24, 2.45) is 12.0 Å². The zero-order chi connectivity index (χ0) is 19.2. The van der Waals surface area contributed by atoms with E-state index in [0.717, 1.165) is 23.6 Å². The van der Waals surface area contributed by atoms with Crippen LogP contribution in [0.1, 0.15) is 18.2 Å². The van der Waals surface area contributed by atoms with Crippen molar-refractivity contribution in [1.29, 1.82) is 0 Å². The molecule has 0 radical (unpaired) electrons. The highest BCUT2D eigenvalue weighted by molar-refractivity contribution is 14.0. The molecule has 0 bridgehead atoms. The fourth-order valence-corrected chi connectivity index (χ4v) is 2.96. The van der Waals surface area contributed by atoms with Crippen molar-refractivity contribution in [1.82, 2.24) is 29.7 Å². The monoisotopic (exact) mass is 533 g/mol. The summed E-state index contributed by atoms with van der Waals surface area (Å²) in [5.41, 5.74) is 2.03. The Morgan fingerprint density at radius 3 is 2.68 bits per heavy atom. The normalized spacial score (nSPS) is 11.2. The van der Waals surface area contributed by atoms with Gasteiger partial charge in [-0.3, -0.25) is 4.57 Å². The second kappa shape index (κ2) is 10.7. The average Bonchev–Trinajstić information content (AvgIpc) is 3.29. The number of aromatic nitrogens is 4. The predicted octanol–water partition coefficient (Wildman–Crippen LogP) is 3.79. The number of nitrogens with zero attached hydrogens (tertiary/aromatic N) is 5. The molecule has 0 unspecified atom stereocenters. The fraction of sp³-hybridized carbons (Fsp3) is 0.278. The molecular formula is C18H22Cl2IN7. The number of halogens is 3. The molecule has 3 heterocycles.